The Morgan fingerprint density at radius 3 is 2.75 bits per heavy atom. The molecule has 0 amide bonds. The van der Waals surface area contributed by atoms with E-state index in [-0.39, 0.29) is 6.04 Å². The molecule has 0 bridgehead atoms. The summed E-state index contributed by atoms with van der Waals surface area (Å²) in [4.78, 5) is 9.10. The summed E-state index contributed by atoms with van der Waals surface area (Å²) in [7, 11) is 3.65. The van der Waals surface area contributed by atoms with Gasteiger partial charge < -0.3 is 14.6 Å². The highest BCUT2D eigenvalue weighted by atomic mass is 16.5. The van der Waals surface area contributed by atoms with E-state index in [2.05, 4.69) is 31.5 Å². The zero-order valence-corrected chi connectivity index (χ0v) is 15.8. The monoisotopic (exact) mass is 375 g/mol. The van der Waals surface area contributed by atoms with Crippen LogP contribution in [0, 0.1) is 0 Å². The summed E-state index contributed by atoms with van der Waals surface area (Å²) in [6, 6.07) is 7.75. The van der Waals surface area contributed by atoms with Gasteiger partial charge in [-0.2, -0.15) is 0 Å². The molecule has 1 aliphatic rings. The number of imidazole rings is 1. The smallest absolute Gasteiger partial charge is 0.203 e. The number of anilines is 1. The van der Waals surface area contributed by atoms with E-state index in [1.807, 2.05) is 46.6 Å². The summed E-state index contributed by atoms with van der Waals surface area (Å²) in [6.07, 6.45) is 9.78. The standard InChI is InChI=1S/C20H21N7O/c1-26-10-8-22-19(26)16(14-4-3-5-15(12-14)28-2)23-17-20-25-24-18(13-6-7-13)27(20)11-9-21-17/h3-5,8-13,16H,6-7H2,1-2H3,(H,21,23). The van der Waals surface area contributed by atoms with Gasteiger partial charge in [-0.05, 0) is 30.5 Å². The topological polar surface area (TPSA) is 82.2 Å². The Morgan fingerprint density at radius 2 is 2.00 bits per heavy atom. The number of aryl methyl sites for hydroxylation is 1. The molecule has 0 saturated heterocycles. The van der Waals surface area contributed by atoms with Crippen molar-refractivity contribution in [3.8, 4) is 5.75 Å². The number of nitrogens with one attached hydrogen (secondary N) is 1. The average Bonchev–Trinajstić information content (AvgIpc) is 3.33. The third kappa shape index (κ3) is 2.87. The van der Waals surface area contributed by atoms with Crippen molar-refractivity contribution in [2.24, 2.45) is 7.05 Å². The number of rotatable bonds is 6. The third-order valence-electron chi connectivity index (χ3n) is 5.12. The Bertz CT molecular complexity index is 1130. The molecule has 8 nitrogen and oxygen atoms in total. The fourth-order valence-corrected chi connectivity index (χ4v) is 3.48. The van der Waals surface area contributed by atoms with Gasteiger partial charge in [-0.1, -0.05) is 12.1 Å². The first-order chi connectivity index (χ1) is 13.7. The number of hydrogen-bond acceptors (Lipinski definition) is 6. The quantitative estimate of drug-likeness (QED) is 0.558. The van der Waals surface area contributed by atoms with Gasteiger partial charge in [0.1, 0.15) is 23.4 Å². The lowest BCUT2D eigenvalue weighted by Crippen LogP contribution is -2.18. The first-order valence-corrected chi connectivity index (χ1v) is 9.32. The van der Waals surface area contributed by atoms with Gasteiger partial charge in [-0.15, -0.1) is 10.2 Å². The molecule has 5 rings (SSSR count). The lowest BCUT2D eigenvalue weighted by Gasteiger charge is -2.20. The largest absolute Gasteiger partial charge is 0.497 e. The fourth-order valence-electron chi connectivity index (χ4n) is 3.48. The van der Waals surface area contributed by atoms with E-state index in [1.54, 1.807) is 19.5 Å². The number of benzene rings is 1. The Hall–Kier alpha value is -3.42. The molecule has 0 aliphatic heterocycles. The van der Waals surface area contributed by atoms with Crippen molar-refractivity contribution in [2.45, 2.75) is 24.8 Å². The van der Waals surface area contributed by atoms with Crippen molar-refractivity contribution in [3.05, 3.63) is 66.3 Å². The molecule has 1 N–H and O–H groups in total. The second-order valence-corrected chi connectivity index (χ2v) is 7.05. The molecule has 1 saturated carbocycles. The summed E-state index contributed by atoms with van der Waals surface area (Å²) in [6.45, 7) is 0. The van der Waals surface area contributed by atoms with E-state index in [9.17, 15) is 0 Å². The van der Waals surface area contributed by atoms with Crippen LogP contribution in [0.25, 0.3) is 5.65 Å². The van der Waals surface area contributed by atoms with Crippen molar-refractivity contribution in [3.63, 3.8) is 0 Å². The molecule has 3 aromatic heterocycles. The van der Waals surface area contributed by atoms with Crippen LogP contribution in [-0.2, 0) is 7.05 Å². The van der Waals surface area contributed by atoms with Crippen molar-refractivity contribution < 1.29 is 4.74 Å². The normalized spacial score (nSPS) is 14.9. The van der Waals surface area contributed by atoms with E-state index < -0.39 is 0 Å². The highest BCUT2D eigenvalue weighted by molar-refractivity contribution is 5.64. The summed E-state index contributed by atoms with van der Waals surface area (Å²) in [5.41, 5.74) is 1.76. The molecule has 1 atom stereocenters. The van der Waals surface area contributed by atoms with Gasteiger partial charge in [0.2, 0.25) is 5.65 Å². The van der Waals surface area contributed by atoms with Crippen LogP contribution in [0.3, 0.4) is 0 Å². The number of nitrogens with zero attached hydrogens (tertiary/aromatic N) is 6. The van der Waals surface area contributed by atoms with Crippen LogP contribution < -0.4 is 10.1 Å². The predicted octanol–water partition coefficient (Wildman–Crippen LogP) is 2.95. The van der Waals surface area contributed by atoms with E-state index >= 15 is 0 Å². The van der Waals surface area contributed by atoms with E-state index in [0.29, 0.717) is 11.7 Å². The van der Waals surface area contributed by atoms with Gasteiger partial charge in [-0.25, -0.2) is 9.97 Å². The van der Waals surface area contributed by atoms with E-state index in [1.165, 1.54) is 12.8 Å². The SMILES string of the molecule is COc1cccc(C(Nc2nccn3c(C4CC4)nnc23)c2nccn2C)c1. The number of hydrogen-bond donors (Lipinski definition) is 1. The lowest BCUT2D eigenvalue weighted by atomic mass is 10.1. The third-order valence-corrected chi connectivity index (χ3v) is 5.12. The maximum atomic E-state index is 5.41. The van der Waals surface area contributed by atoms with Crippen LogP contribution in [0.2, 0.25) is 0 Å². The Labute approximate surface area is 162 Å². The molecule has 1 fully saturated rings. The second kappa shape index (κ2) is 6.63. The minimum Gasteiger partial charge on any atom is -0.497 e. The van der Waals surface area contributed by atoms with Crippen LogP contribution in [0.15, 0.2) is 49.1 Å². The number of ether oxygens (including phenoxy) is 1. The molecule has 8 heteroatoms. The van der Waals surface area contributed by atoms with Crippen molar-refractivity contribution >= 4 is 11.5 Å². The molecule has 142 valence electrons. The lowest BCUT2D eigenvalue weighted by molar-refractivity contribution is 0.414. The Balaban J connectivity index is 1.59. The molecule has 3 heterocycles. The first-order valence-electron chi connectivity index (χ1n) is 9.32. The van der Waals surface area contributed by atoms with Gasteiger partial charge in [0.25, 0.3) is 0 Å². The van der Waals surface area contributed by atoms with Crippen LogP contribution in [0.1, 0.15) is 42.0 Å². The van der Waals surface area contributed by atoms with Gasteiger partial charge in [0.05, 0.1) is 7.11 Å². The zero-order valence-electron chi connectivity index (χ0n) is 15.8. The molecule has 4 aromatic rings. The molecular weight excluding hydrogens is 354 g/mol. The highest BCUT2D eigenvalue weighted by Gasteiger charge is 2.29. The van der Waals surface area contributed by atoms with E-state index in [4.69, 9.17) is 4.74 Å². The Kier molecular flexibility index (Phi) is 3.96. The average molecular weight is 375 g/mol. The van der Waals surface area contributed by atoms with Gasteiger partial charge >= 0.3 is 0 Å². The zero-order chi connectivity index (χ0) is 19.1. The minimum absolute atomic E-state index is 0.213. The molecular formula is C20H21N7O. The first kappa shape index (κ1) is 16.7. The summed E-state index contributed by atoms with van der Waals surface area (Å²) in [5, 5.41) is 12.3. The molecule has 0 spiro atoms. The maximum absolute atomic E-state index is 5.41. The van der Waals surface area contributed by atoms with Crippen molar-refractivity contribution in [1.82, 2.24) is 29.1 Å². The number of methoxy groups -OCH3 is 1. The molecule has 1 aliphatic carbocycles. The second-order valence-electron chi connectivity index (χ2n) is 7.05. The van der Waals surface area contributed by atoms with Crippen LogP contribution in [-0.4, -0.2) is 36.2 Å². The van der Waals surface area contributed by atoms with Crippen molar-refractivity contribution in [2.75, 3.05) is 12.4 Å². The summed E-state index contributed by atoms with van der Waals surface area (Å²) in [5.74, 6) is 3.87. The molecule has 0 radical (unpaired) electrons. The summed E-state index contributed by atoms with van der Waals surface area (Å²) < 4.78 is 9.45. The van der Waals surface area contributed by atoms with Gasteiger partial charge in [0, 0.05) is 37.8 Å². The highest BCUT2D eigenvalue weighted by Crippen LogP contribution is 2.39. The van der Waals surface area contributed by atoms with Crippen molar-refractivity contribution in [1.29, 1.82) is 0 Å². The van der Waals surface area contributed by atoms with E-state index in [0.717, 1.165) is 28.6 Å². The van der Waals surface area contributed by atoms with Crippen LogP contribution >= 0.6 is 0 Å². The maximum Gasteiger partial charge on any atom is 0.203 e. The number of aromatic nitrogens is 6. The molecule has 1 unspecified atom stereocenters. The summed E-state index contributed by atoms with van der Waals surface area (Å²) >= 11 is 0. The van der Waals surface area contributed by atoms with Crippen LogP contribution in [0.4, 0.5) is 5.82 Å². The minimum atomic E-state index is -0.213. The molecule has 1 aromatic carbocycles. The fraction of sp³-hybridized carbons (Fsp3) is 0.300. The predicted molar refractivity (Wildman–Crippen MR) is 104 cm³/mol. The van der Waals surface area contributed by atoms with Gasteiger partial charge in [0.15, 0.2) is 5.82 Å². The molecule has 28 heavy (non-hydrogen) atoms. The van der Waals surface area contributed by atoms with Crippen LogP contribution in [0.5, 0.6) is 5.75 Å². The Morgan fingerprint density at radius 1 is 1.14 bits per heavy atom. The number of fused-ring (bicyclic) bond motifs is 1. The van der Waals surface area contributed by atoms with Gasteiger partial charge in [-0.3, -0.25) is 4.40 Å².